The van der Waals surface area contributed by atoms with E-state index < -0.39 is 5.76 Å². The van der Waals surface area contributed by atoms with E-state index in [1.165, 1.54) is 15.7 Å². The number of aromatic nitrogens is 1. The highest BCUT2D eigenvalue weighted by atomic mass is 16.4. The summed E-state index contributed by atoms with van der Waals surface area (Å²) in [5, 5.41) is 0. The number of oxazole rings is 1. The van der Waals surface area contributed by atoms with E-state index in [0.717, 1.165) is 6.42 Å². The smallest absolute Gasteiger partial charge is 0.407 e. The molecular weight excluding hydrogens is 304 g/mol. The molecule has 4 rings (SSSR count). The van der Waals surface area contributed by atoms with Crippen molar-refractivity contribution in [2.24, 2.45) is 7.05 Å². The van der Waals surface area contributed by atoms with Crippen molar-refractivity contribution in [3.8, 4) is 0 Å². The molecule has 1 aromatic heterocycles. The Morgan fingerprint density at radius 3 is 2.67 bits per heavy atom. The highest BCUT2D eigenvalue weighted by molar-refractivity contribution is 6.04. The lowest BCUT2D eigenvalue weighted by Crippen LogP contribution is -2.42. The molecule has 2 heterocycles. The standard InChI is InChI=1S/C19H18N2O3/c1-12-10-13-6-3-4-7-14(13)11-21(12)18(22)15-8-5-9-16-17(15)24-19(23)20(16)2/h3-9,12H,10-11H2,1-2H3. The molecule has 5 nitrogen and oxygen atoms in total. The van der Waals surface area contributed by atoms with Gasteiger partial charge in [0.15, 0.2) is 5.58 Å². The topological polar surface area (TPSA) is 55.5 Å². The van der Waals surface area contributed by atoms with Crippen LogP contribution in [-0.4, -0.2) is 21.4 Å². The maximum atomic E-state index is 13.1. The van der Waals surface area contributed by atoms with Gasteiger partial charge in [0.2, 0.25) is 0 Å². The van der Waals surface area contributed by atoms with Gasteiger partial charge in [0, 0.05) is 19.6 Å². The molecule has 24 heavy (non-hydrogen) atoms. The lowest BCUT2D eigenvalue weighted by atomic mass is 9.94. The molecule has 122 valence electrons. The third kappa shape index (κ3) is 2.16. The van der Waals surface area contributed by atoms with Gasteiger partial charge in [0.25, 0.3) is 5.91 Å². The molecule has 0 aliphatic carbocycles. The van der Waals surface area contributed by atoms with E-state index in [-0.39, 0.29) is 11.9 Å². The Hall–Kier alpha value is -2.82. The third-order valence-electron chi connectivity index (χ3n) is 4.82. The number of amides is 1. The number of aryl methyl sites for hydroxylation is 1. The van der Waals surface area contributed by atoms with Crippen molar-refractivity contribution in [3.05, 3.63) is 69.7 Å². The fourth-order valence-corrected chi connectivity index (χ4v) is 3.42. The number of hydrogen-bond donors (Lipinski definition) is 0. The van der Waals surface area contributed by atoms with E-state index >= 15 is 0 Å². The molecule has 0 spiro atoms. The minimum absolute atomic E-state index is 0.0955. The minimum Gasteiger partial charge on any atom is -0.407 e. The van der Waals surface area contributed by atoms with E-state index in [4.69, 9.17) is 4.42 Å². The number of para-hydroxylation sites is 1. The summed E-state index contributed by atoms with van der Waals surface area (Å²) < 4.78 is 6.72. The number of rotatable bonds is 1. The summed E-state index contributed by atoms with van der Waals surface area (Å²) in [6, 6.07) is 13.6. The summed E-state index contributed by atoms with van der Waals surface area (Å²) in [6.07, 6.45) is 0.830. The maximum absolute atomic E-state index is 13.1. The minimum atomic E-state index is -0.456. The van der Waals surface area contributed by atoms with Crippen molar-refractivity contribution in [2.75, 3.05) is 0 Å². The first kappa shape index (κ1) is 14.8. The van der Waals surface area contributed by atoms with Gasteiger partial charge in [-0.15, -0.1) is 0 Å². The predicted octanol–water partition coefficient (Wildman–Crippen LogP) is 2.72. The molecule has 5 heteroatoms. The van der Waals surface area contributed by atoms with Crippen molar-refractivity contribution in [1.82, 2.24) is 9.47 Å². The van der Waals surface area contributed by atoms with Crippen LogP contribution in [-0.2, 0) is 20.0 Å². The monoisotopic (exact) mass is 322 g/mol. The van der Waals surface area contributed by atoms with Crippen LogP contribution in [0.25, 0.3) is 11.1 Å². The van der Waals surface area contributed by atoms with Crippen molar-refractivity contribution >= 4 is 17.0 Å². The van der Waals surface area contributed by atoms with E-state index in [2.05, 4.69) is 19.1 Å². The molecule has 0 fully saturated rings. The predicted molar refractivity (Wildman–Crippen MR) is 90.9 cm³/mol. The van der Waals surface area contributed by atoms with Crippen molar-refractivity contribution in [2.45, 2.75) is 25.9 Å². The van der Waals surface area contributed by atoms with Gasteiger partial charge in [0.05, 0.1) is 11.1 Å². The van der Waals surface area contributed by atoms with Crippen LogP contribution in [0.2, 0.25) is 0 Å². The Morgan fingerprint density at radius 2 is 1.88 bits per heavy atom. The van der Waals surface area contributed by atoms with Gasteiger partial charge in [-0.05, 0) is 36.6 Å². The van der Waals surface area contributed by atoms with Crippen LogP contribution < -0.4 is 5.76 Å². The average molecular weight is 322 g/mol. The summed E-state index contributed by atoms with van der Waals surface area (Å²) in [5.41, 5.74) is 3.90. The van der Waals surface area contributed by atoms with Gasteiger partial charge < -0.3 is 9.32 Å². The molecule has 1 aliphatic heterocycles. The van der Waals surface area contributed by atoms with Crippen molar-refractivity contribution < 1.29 is 9.21 Å². The zero-order chi connectivity index (χ0) is 16.8. The molecule has 1 unspecified atom stereocenters. The SMILES string of the molecule is CC1Cc2ccccc2CN1C(=O)c1cccc2c1oc(=O)n2C. The Kier molecular flexibility index (Phi) is 3.30. The summed E-state index contributed by atoms with van der Waals surface area (Å²) >= 11 is 0. The number of carbonyl (C=O) groups excluding carboxylic acids is 1. The first-order valence-corrected chi connectivity index (χ1v) is 8.02. The molecule has 0 saturated heterocycles. The Labute approximate surface area is 139 Å². The second-order valence-corrected chi connectivity index (χ2v) is 6.34. The zero-order valence-corrected chi connectivity index (χ0v) is 13.7. The van der Waals surface area contributed by atoms with E-state index in [1.54, 1.807) is 25.2 Å². The summed E-state index contributed by atoms with van der Waals surface area (Å²) in [7, 11) is 1.64. The summed E-state index contributed by atoms with van der Waals surface area (Å²) in [6.45, 7) is 2.62. The largest absolute Gasteiger partial charge is 0.419 e. The van der Waals surface area contributed by atoms with Crippen molar-refractivity contribution in [3.63, 3.8) is 0 Å². The molecule has 1 amide bonds. The average Bonchev–Trinajstić information content (AvgIpc) is 2.88. The number of benzene rings is 2. The molecule has 0 bridgehead atoms. The molecule has 0 saturated carbocycles. The van der Waals surface area contributed by atoms with E-state index in [9.17, 15) is 9.59 Å². The van der Waals surface area contributed by atoms with Gasteiger partial charge in [-0.1, -0.05) is 30.3 Å². The number of fused-ring (bicyclic) bond motifs is 2. The summed E-state index contributed by atoms with van der Waals surface area (Å²) in [5.74, 6) is -0.556. The molecule has 0 radical (unpaired) electrons. The van der Waals surface area contributed by atoms with Gasteiger partial charge in [0.1, 0.15) is 0 Å². The normalized spacial score (nSPS) is 17.1. The first-order valence-electron chi connectivity index (χ1n) is 8.02. The number of nitrogens with zero attached hydrogens (tertiary/aromatic N) is 2. The molecule has 2 aromatic carbocycles. The van der Waals surface area contributed by atoms with Crippen LogP contribution in [0.15, 0.2) is 51.7 Å². The van der Waals surface area contributed by atoms with Gasteiger partial charge in [-0.3, -0.25) is 9.36 Å². The zero-order valence-electron chi connectivity index (χ0n) is 13.7. The first-order chi connectivity index (χ1) is 11.6. The van der Waals surface area contributed by atoms with Gasteiger partial charge in [-0.2, -0.15) is 0 Å². The molecule has 0 N–H and O–H groups in total. The molecule has 1 atom stereocenters. The lowest BCUT2D eigenvalue weighted by molar-refractivity contribution is 0.0659. The second kappa shape index (κ2) is 5.37. The molecular formula is C19H18N2O3. The molecule has 3 aromatic rings. The van der Waals surface area contributed by atoms with Crippen LogP contribution in [0.4, 0.5) is 0 Å². The van der Waals surface area contributed by atoms with Crippen LogP contribution in [0, 0.1) is 0 Å². The maximum Gasteiger partial charge on any atom is 0.419 e. The Morgan fingerprint density at radius 1 is 1.12 bits per heavy atom. The highest BCUT2D eigenvalue weighted by Crippen LogP contribution is 2.26. The van der Waals surface area contributed by atoms with Crippen LogP contribution >= 0.6 is 0 Å². The quantitative estimate of drug-likeness (QED) is 0.692. The molecule has 1 aliphatic rings. The van der Waals surface area contributed by atoms with Crippen LogP contribution in [0.1, 0.15) is 28.4 Å². The van der Waals surface area contributed by atoms with Gasteiger partial charge in [-0.25, -0.2) is 4.79 Å². The lowest BCUT2D eigenvalue weighted by Gasteiger charge is -2.35. The van der Waals surface area contributed by atoms with Crippen LogP contribution in [0.3, 0.4) is 0 Å². The highest BCUT2D eigenvalue weighted by Gasteiger charge is 2.29. The third-order valence-corrected chi connectivity index (χ3v) is 4.82. The van der Waals surface area contributed by atoms with Crippen molar-refractivity contribution in [1.29, 1.82) is 0 Å². The summed E-state index contributed by atoms with van der Waals surface area (Å²) in [4.78, 5) is 26.7. The van der Waals surface area contributed by atoms with E-state index in [0.29, 0.717) is 23.2 Å². The van der Waals surface area contributed by atoms with Gasteiger partial charge >= 0.3 is 5.76 Å². The fraction of sp³-hybridized carbons (Fsp3) is 0.263. The number of carbonyl (C=O) groups is 1. The Bertz CT molecular complexity index is 999. The fourth-order valence-electron chi connectivity index (χ4n) is 3.42. The Balaban J connectivity index is 1.77. The second-order valence-electron chi connectivity index (χ2n) is 6.34. The van der Waals surface area contributed by atoms with Crippen LogP contribution in [0.5, 0.6) is 0 Å². The number of hydrogen-bond acceptors (Lipinski definition) is 3. The van der Waals surface area contributed by atoms with E-state index in [1.807, 2.05) is 17.0 Å².